The normalized spacial score (nSPS) is 19.2. The standard InChI is InChI=1S/C16H26N4O2S.HI/c1-13-5-4-10-20(12-13)16(17)18-11-14-6-8-15(9-7-14)23(21,22)19(2)3;/h6-9,13H,4-5,10-12H2,1-3H3,(H2,17,18);1H. The van der Waals surface area contributed by atoms with Gasteiger partial charge in [0, 0.05) is 27.2 Å². The minimum absolute atomic E-state index is 0. The van der Waals surface area contributed by atoms with Crippen LogP contribution in [0.5, 0.6) is 0 Å². The van der Waals surface area contributed by atoms with Gasteiger partial charge in [-0.25, -0.2) is 17.7 Å². The van der Waals surface area contributed by atoms with Crippen molar-refractivity contribution in [1.82, 2.24) is 9.21 Å². The van der Waals surface area contributed by atoms with E-state index in [2.05, 4.69) is 16.8 Å². The van der Waals surface area contributed by atoms with Crippen molar-refractivity contribution >= 4 is 40.0 Å². The van der Waals surface area contributed by atoms with Crippen molar-refractivity contribution in [1.29, 1.82) is 0 Å². The predicted molar refractivity (Wildman–Crippen MR) is 108 cm³/mol. The number of sulfonamides is 1. The van der Waals surface area contributed by atoms with Crippen LogP contribution in [0, 0.1) is 5.92 Å². The second-order valence-corrected chi connectivity index (χ2v) is 8.45. The zero-order valence-electron chi connectivity index (χ0n) is 14.5. The summed E-state index contributed by atoms with van der Waals surface area (Å²) in [6, 6.07) is 6.79. The average molecular weight is 466 g/mol. The zero-order valence-corrected chi connectivity index (χ0v) is 17.6. The number of benzene rings is 1. The third-order valence-electron chi connectivity index (χ3n) is 4.11. The Labute approximate surface area is 162 Å². The first kappa shape index (κ1) is 21.2. The van der Waals surface area contributed by atoms with Gasteiger partial charge in [0.15, 0.2) is 5.96 Å². The molecule has 2 N–H and O–H groups in total. The SMILES string of the molecule is CC1CCCN(C(N)=NCc2ccc(S(=O)(=O)N(C)C)cc2)C1.I. The molecule has 136 valence electrons. The van der Waals surface area contributed by atoms with Crippen molar-refractivity contribution in [3.8, 4) is 0 Å². The van der Waals surface area contributed by atoms with E-state index >= 15 is 0 Å². The molecular weight excluding hydrogens is 439 g/mol. The Morgan fingerprint density at radius 2 is 1.96 bits per heavy atom. The lowest BCUT2D eigenvalue weighted by Crippen LogP contribution is -2.43. The van der Waals surface area contributed by atoms with Crippen LogP contribution in [0.25, 0.3) is 0 Å². The second kappa shape index (κ2) is 9.00. The van der Waals surface area contributed by atoms with E-state index in [-0.39, 0.29) is 28.9 Å². The van der Waals surface area contributed by atoms with Gasteiger partial charge in [-0.2, -0.15) is 0 Å². The van der Waals surface area contributed by atoms with E-state index in [4.69, 9.17) is 5.73 Å². The maximum Gasteiger partial charge on any atom is 0.242 e. The van der Waals surface area contributed by atoms with Gasteiger partial charge in [0.25, 0.3) is 0 Å². The Morgan fingerprint density at radius 3 is 2.50 bits per heavy atom. The monoisotopic (exact) mass is 466 g/mol. The van der Waals surface area contributed by atoms with Crippen molar-refractivity contribution in [2.45, 2.75) is 31.2 Å². The summed E-state index contributed by atoms with van der Waals surface area (Å²) in [4.78, 5) is 6.85. The van der Waals surface area contributed by atoms with E-state index in [1.165, 1.54) is 24.8 Å². The number of nitrogens with two attached hydrogens (primary N) is 1. The topological polar surface area (TPSA) is 79.0 Å². The van der Waals surface area contributed by atoms with Crippen molar-refractivity contribution < 1.29 is 8.42 Å². The molecule has 1 saturated heterocycles. The number of hydrogen-bond donors (Lipinski definition) is 1. The lowest BCUT2D eigenvalue weighted by molar-refractivity contribution is 0.270. The molecule has 0 aromatic heterocycles. The van der Waals surface area contributed by atoms with Gasteiger partial charge in [-0.05, 0) is 36.5 Å². The number of guanidine groups is 1. The summed E-state index contributed by atoms with van der Waals surface area (Å²) in [5.74, 6) is 1.22. The van der Waals surface area contributed by atoms with Gasteiger partial charge in [0.1, 0.15) is 0 Å². The number of nitrogens with zero attached hydrogens (tertiary/aromatic N) is 3. The minimum atomic E-state index is -3.38. The molecule has 8 heteroatoms. The Kier molecular flexibility index (Phi) is 7.94. The van der Waals surface area contributed by atoms with Crippen molar-refractivity contribution in [3.63, 3.8) is 0 Å². The molecule has 6 nitrogen and oxygen atoms in total. The number of aliphatic imine (C=N–C) groups is 1. The highest BCUT2D eigenvalue weighted by Crippen LogP contribution is 2.16. The molecule has 0 saturated carbocycles. The quantitative estimate of drug-likeness (QED) is 0.419. The van der Waals surface area contributed by atoms with Crippen LogP contribution in [-0.4, -0.2) is 50.8 Å². The fourth-order valence-electron chi connectivity index (χ4n) is 2.65. The van der Waals surface area contributed by atoms with Crippen LogP contribution in [0.1, 0.15) is 25.3 Å². The average Bonchev–Trinajstić information content (AvgIpc) is 2.52. The van der Waals surface area contributed by atoms with Gasteiger partial charge >= 0.3 is 0 Å². The van der Waals surface area contributed by atoms with Crippen LogP contribution < -0.4 is 5.73 Å². The summed E-state index contributed by atoms with van der Waals surface area (Å²) in [7, 11) is -0.340. The summed E-state index contributed by atoms with van der Waals surface area (Å²) >= 11 is 0. The smallest absolute Gasteiger partial charge is 0.242 e. The lowest BCUT2D eigenvalue weighted by Gasteiger charge is -2.31. The Morgan fingerprint density at radius 1 is 1.33 bits per heavy atom. The zero-order chi connectivity index (χ0) is 17.0. The third-order valence-corrected chi connectivity index (χ3v) is 5.94. The molecule has 1 heterocycles. The van der Waals surface area contributed by atoms with E-state index in [0.717, 1.165) is 25.1 Å². The van der Waals surface area contributed by atoms with Crippen molar-refractivity contribution in [2.24, 2.45) is 16.6 Å². The summed E-state index contributed by atoms with van der Waals surface area (Å²) in [6.45, 7) is 4.59. The first-order valence-electron chi connectivity index (χ1n) is 7.87. The van der Waals surface area contributed by atoms with Crippen LogP contribution in [-0.2, 0) is 16.6 Å². The van der Waals surface area contributed by atoms with Crippen LogP contribution in [0.3, 0.4) is 0 Å². The Bertz CT molecular complexity index is 659. The lowest BCUT2D eigenvalue weighted by atomic mass is 10.0. The van der Waals surface area contributed by atoms with Gasteiger partial charge < -0.3 is 10.6 Å². The highest BCUT2D eigenvalue weighted by molar-refractivity contribution is 14.0. The van der Waals surface area contributed by atoms with Crippen LogP contribution >= 0.6 is 24.0 Å². The molecule has 1 aromatic carbocycles. The number of halogens is 1. The molecule has 2 rings (SSSR count). The number of hydrogen-bond acceptors (Lipinski definition) is 3. The molecule has 0 bridgehead atoms. The van der Waals surface area contributed by atoms with Crippen LogP contribution in [0.4, 0.5) is 0 Å². The first-order valence-corrected chi connectivity index (χ1v) is 9.31. The highest BCUT2D eigenvalue weighted by atomic mass is 127. The largest absolute Gasteiger partial charge is 0.370 e. The van der Waals surface area contributed by atoms with Gasteiger partial charge in [0.05, 0.1) is 11.4 Å². The van der Waals surface area contributed by atoms with Gasteiger partial charge in [-0.1, -0.05) is 19.1 Å². The second-order valence-electron chi connectivity index (χ2n) is 6.30. The van der Waals surface area contributed by atoms with E-state index in [0.29, 0.717) is 18.4 Å². The van der Waals surface area contributed by atoms with Crippen molar-refractivity contribution in [3.05, 3.63) is 29.8 Å². The fourth-order valence-corrected chi connectivity index (χ4v) is 3.55. The maximum absolute atomic E-state index is 12.0. The van der Waals surface area contributed by atoms with Gasteiger partial charge in [0.2, 0.25) is 10.0 Å². The van der Waals surface area contributed by atoms with E-state index in [1.54, 1.807) is 24.3 Å². The third kappa shape index (κ3) is 5.32. The fraction of sp³-hybridized carbons (Fsp3) is 0.562. The van der Waals surface area contributed by atoms with Gasteiger partial charge in [-0.3, -0.25) is 0 Å². The summed E-state index contributed by atoms with van der Waals surface area (Å²) < 4.78 is 25.2. The molecule has 1 aliphatic rings. The minimum Gasteiger partial charge on any atom is -0.370 e. The molecule has 1 fully saturated rings. The first-order chi connectivity index (χ1) is 10.8. The molecule has 24 heavy (non-hydrogen) atoms. The van der Waals surface area contributed by atoms with E-state index < -0.39 is 10.0 Å². The Balaban J connectivity index is 0.00000288. The molecule has 0 spiro atoms. The van der Waals surface area contributed by atoms with E-state index in [1.807, 2.05) is 0 Å². The molecule has 1 unspecified atom stereocenters. The highest BCUT2D eigenvalue weighted by Gasteiger charge is 2.18. The Hall–Kier alpha value is -0.870. The molecule has 1 atom stereocenters. The molecular formula is C16H27IN4O2S. The van der Waals surface area contributed by atoms with Gasteiger partial charge in [-0.15, -0.1) is 24.0 Å². The maximum atomic E-state index is 12.0. The van der Waals surface area contributed by atoms with Crippen LogP contribution in [0.15, 0.2) is 34.2 Å². The summed E-state index contributed by atoms with van der Waals surface area (Å²) in [6.07, 6.45) is 2.39. The summed E-state index contributed by atoms with van der Waals surface area (Å²) in [5.41, 5.74) is 7.01. The molecule has 0 aliphatic carbocycles. The number of likely N-dealkylation sites (tertiary alicyclic amines) is 1. The summed E-state index contributed by atoms with van der Waals surface area (Å²) in [5, 5.41) is 0. The van der Waals surface area contributed by atoms with E-state index in [9.17, 15) is 8.42 Å². The number of rotatable bonds is 4. The number of piperidine rings is 1. The van der Waals surface area contributed by atoms with Crippen LogP contribution in [0.2, 0.25) is 0 Å². The van der Waals surface area contributed by atoms with Crippen molar-refractivity contribution in [2.75, 3.05) is 27.2 Å². The molecule has 0 amide bonds. The predicted octanol–water partition coefficient (Wildman–Crippen LogP) is 2.10. The molecule has 0 radical (unpaired) electrons. The molecule has 1 aliphatic heterocycles. The molecule has 1 aromatic rings.